The van der Waals surface area contributed by atoms with Crippen LogP contribution in [0.1, 0.15) is 0 Å². The standard InChI is InChI=1S/C24H45NO15S3/c26-7-10-13(29)16(32)19(35)22(38-10)41-4-1-25(2-5-42-23-20(36)17(33)14(30)11(8-27)39-23)3-6-43-24-21(37)18(34)15(31)12(9-28)40-24/h10-24,26-37H,1-9H2/t10-,11-,12-,13-,14-,15-,16+,17+,18+,19-,20-,21-,22+,23+,24+/m1/s1. The lowest BCUT2D eigenvalue weighted by molar-refractivity contribution is -0.205. The summed E-state index contributed by atoms with van der Waals surface area (Å²) in [4.78, 5) is 1.99. The SMILES string of the molecule is OC[C@H]1O[C@@H](SCCN(CCS[C@@H]2O[C@H](CO)[C@@H](O)[C@H](O)[C@H]2O)CCS[C@@H]2O[C@H](CO)[C@@H](O)[C@H](O)[C@H]2O)[C@H](O)[C@@H](O)[C@@H]1O. The molecule has 43 heavy (non-hydrogen) atoms. The molecule has 3 aliphatic heterocycles. The highest BCUT2D eigenvalue weighted by Gasteiger charge is 2.45. The molecular formula is C24H45NO15S3. The van der Waals surface area contributed by atoms with Gasteiger partial charge in [-0.1, -0.05) is 0 Å². The van der Waals surface area contributed by atoms with Gasteiger partial charge in [-0.2, -0.15) is 0 Å². The van der Waals surface area contributed by atoms with E-state index in [-0.39, 0.29) is 0 Å². The first-order chi connectivity index (χ1) is 20.4. The summed E-state index contributed by atoms with van der Waals surface area (Å²) in [5, 5.41) is 119. The van der Waals surface area contributed by atoms with Crippen LogP contribution in [0.25, 0.3) is 0 Å². The van der Waals surface area contributed by atoms with E-state index in [1.165, 1.54) is 35.3 Å². The number of rotatable bonds is 15. The van der Waals surface area contributed by atoms with Crippen LogP contribution >= 0.6 is 35.3 Å². The van der Waals surface area contributed by atoms with Gasteiger partial charge in [-0.05, 0) is 0 Å². The molecule has 0 aromatic carbocycles. The lowest BCUT2D eigenvalue weighted by Gasteiger charge is -2.40. The Bertz CT molecular complexity index is 707. The Morgan fingerprint density at radius 3 is 0.884 bits per heavy atom. The van der Waals surface area contributed by atoms with Gasteiger partial charge in [0.05, 0.1) is 19.8 Å². The number of hydrogen-bond donors (Lipinski definition) is 12. The third kappa shape index (κ3) is 9.72. The first-order valence-corrected chi connectivity index (χ1v) is 17.1. The maximum Gasteiger partial charge on any atom is 0.132 e. The van der Waals surface area contributed by atoms with Crippen molar-refractivity contribution in [1.29, 1.82) is 0 Å². The third-order valence-corrected chi connectivity index (χ3v) is 11.0. The first-order valence-electron chi connectivity index (χ1n) is 13.9. The van der Waals surface area contributed by atoms with Crippen LogP contribution in [0.5, 0.6) is 0 Å². The lowest BCUT2D eigenvalue weighted by atomic mass is 10.0. The Balaban J connectivity index is 1.56. The van der Waals surface area contributed by atoms with Gasteiger partial charge >= 0.3 is 0 Å². The van der Waals surface area contributed by atoms with Crippen molar-refractivity contribution in [3.63, 3.8) is 0 Å². The predicted octanol–water partition coefficient (Wildman–Crippen LogP) is -6.11. The van der Waals surface area contributed by atoms with Gasteiger partial charge in [0.15, 0.2) is 0 Å². The summed E-state index contributed by atoms with van der Waals surface area (Å²) in [5.41, 5.74) is -2.74. The molecular weight excluding hydrogens is 638 g/mol. The summed E-state index contributed by atoms with van der Waals surface area (Å²) in [6, 6.07) is 0. The second-order valence-corrected chi connectivity index (χ2v) is 14.2. The fourth-order valence-electron chi connectivity index (χ4n) is 4.84. The van der Waals surface area contributed by atoms with Crippen molar-refractivity contribution in [2.45, 2.75) is 89.6 Å². The molecule has 0 saturated carbocycles. The zero-order valence-electron chi connectivity index (χ0n) is 23.3. The zero-order valence-corrected chi connectivity index (χ0v) is 25.7. The Morgan fingerprint density at radius 1 is 0.395 bits per heavy atom. The Morgan fingerprint density at radius 2 is 0.651 bits per heavy atom. The summed E-state index contributed by atoms with van der Waals surface area (Å²) < 4.78 is 16.6. The van der Waals surface area contributed by atoms with Crippen LogP contribution in [-0.4, -0.2) is 212 Å². The highest BCUT2D eigenvalue weighted by Crippen LogP contribution is 2.31. The van der Waals surface area contributed by atoms with E-state index >= 15 is 0 Å². The smallest absolute Gasteiger partial charge is 0.132 e. The summed E-state index contributed by atoms with van der Waals surface area (Å²) >= 11 is 3.52. The minimum Gasteiger partial charge on any atom is -0.394 e. The van der Waals surface area contributed by atoms with Gasteiger partial charge in [0.1, 0.15) is 89.6 Å². The molecule has 15 atom stereocenters. The molecule has 0 amide bonds. The Kier molecular flexibility index (Phi) is 15.9. The molecule has 3 rings (SSSR count). The minimum atomic E-state index is -1.50. The topological polar surface area (TPSA) is 274 Å². The third-order valence-electron chi connectivity index (χ3n) is 7.61. The molecule has 3 saturated heterocycles. The molecule has 12 N–H and O–H groups in total. The van der Waals surface area contributed by atoms with Gasteiger partial charge < -0.3 is 80.4 Å². The van der Waals surface area contributed by atoms with E-state index in [1.807, 2.05) is 4.90 Å². The second-order valence-electron chi connectivity index (χ2n) is 10.5. The van der Waals surface area contributed by atoms with Crippen LogP contribution in [0.15, 0.2) is 0 Å². The average molecular weight is 684 g/mol. The normalized spacial score (nSPS) is 44.2. The molecule has 0 bridgehead atoms. The quantitative estimate of drug-likeness (QED) is 0.0765. The van der Waals surface area contributed by atoms with Gasteiger partial charge in [0.25, 0.3) is 0 Å². The molecule has 3 aliphatic rings. The fourth-order valence-corrected chi connectivity index (χ4v) is 8.37. The molecule has 0 unspecified atom stereocenters. The molecule has 0 aliphatic carbocycles. The van der Waals surface area contributed by atoms with Crippen LogP contribution < -0.4 is 0 Å². The molecule has 19 heteroatoms. The molecule has 0 radical (unpaired) electrons. The van der Waals surface area contributed by atoms with E-state index in [2.05, 4.69) is 0 Å². The maximum absolute atomic E-state index is 10.3. The summed E-state index contributed by atoms with van der Waals surface area (Å²) in [6.45, 7) is -0.367. The number of thioether (sulfide) groups is 3. The largest absolute Gasteiger partial charge is 0.394 e. The molecule has 16 nitrogen and oxygen atoms in total. The van der Waals surface area contributed by atoms with E-state index in [0.717, 1.165) is 0 Å². The van der Waals surface area contributed by atoms with Gasteiger partial charge in [0.2, 0.25) is 0 Å². The number of aliphatic hydroxyl groups is 12. The molecule has 0 spiro atoms. The average Bonchev–Trinajstić information content (AvgIpc) is 3.00. The van der Waals surface area contributed by atoms with Gasteiger partial charge in [-0.25, -0.2) is 0 Å². The first kappa shape index (κ1) is 37.9. The van der Waals surface area contributed by atoms with E-state index < -0.39 is 109 Å². The van der Waals surface area contributed by atoms with Crippen LogP contribution in [0.4, 0.5) is 0 Å². The minimum absolute atomic E-state index is 0.387. The highest BCUT2D eigenvalue weighted by molar-refractivity contribution is 8.00. The maximum atomic E-state index is 10.3. The van der Waals surface area contributed by atoms with Crippen molar-refractivity contribution in [3.8, 4) is 0 Å². The molecule has 254 valence electrons. The summed E-state index contributed by atoms with van der Waals surface area (Å²) in [5.74, 6) is 1.16. The molecule has 3 heterocycles. The predicted molar refractivity (Wildman–Crippen MR) is 155 cm³/mol. The highest BCUT2D eigenvalue weighted by atomic mass is 32.2. The number of nitrogens with zero attached hydrogens (tertiary/aromatic N) is 1. The van der Waals surface area contributed by atoms with Crippen molar-refractivity contribution in [3.05, 3.63) is 0 Å². The second kappa shape index (κ2) is 18.1. The molecule has 0 aromatic rings. The number of aliphatic hydroxyl groups excluding tert-OH is 12. The van der Waals surface area contributed by atoms with Gasteiger partial charge in [-0.15, -0.1) is 35.3 Å². The van der Waals surface area contributed by atoms with Crippen molar-refractivity contribution in [1.82, 2.24) is 4.90 Å². The summed E-state index contributed by atoms with van der Waals surface area (Å²) in [7, 11) is 0. The van der Waals surface area contributed by atoms with E-state index in [9.17, 15) is 61.3 Å². The molecule has 3 fully saturated rings. The molecule has 0 aromatic heterocycles. The van der Waals surface area contributed by atoms with Crippen LogP contribution in [-0.2, 0) is 14.2 Å². The van der Waals surface area contributed by atoms with E-state index in [1.54, 1.807) is 0 Å². The van der Waals surface area contributed by atoms with Crippen LogP contribution in [0.2, 0.25) is 0 Å². The van der Waals surface area contributed by atoms with Crippen molar-refractivity contribution in [2.24, 2.45) is 0 Å². The Labute approximate surface area is 261 Å². The van der Waals surface area contributed by atoms with Crippen molar-refractivity contribution in [2.75, 3.05) is 56.7 Å². The van der Waals surface area contributed by atoms with E-state index in [0.29, 0.717) is 36.9 Å². The van der Waals surface area contributed by atoms with Crippen molar-refractivity contribution < 1.29 is 75.5 Å². The number of ether oxygens (including phenoxy) is 3. The van der Waals surface area contributed by atoms with Crippen LogP contribution in [0, 0.1) is 0 Å². The van der Waals surface area contributed by atoms with E-state index in [4.69, 9.17) is 14.2 Å². The van der Waals surface area contributed by atoms with Gasteiger partial charge in [-0.3, -0.25) is 0 Å². The Hall–Kier alpha value is 0.410. The summed E-state index contributed by atoms with van der Waals surface area (Å²) in [6.07, 6.45) is -16.1. The fraction of sp³-hybridized carbons (Fsp3) is 1.00. The lowest BCUT2D eigenvalue weighted by Crippen LogP contribution is -2.57. The van der Waals surface area contributed by atoms with Gasteiger partial charge in [0, 0.05) is 36.9 Å². The zero-order chi connectivity index (χ0) is 31.8. The van der Waals surface area contributed by atoms with Crippen molar-refractivity contribution >= 4 is 35.3 Å². The van der Waals surface area contributed by atoms with Crippen LogP contribution in [0.3, 0.4) is 0 Å². The number of hydrogen-bond acceptors (Lipinski definition) is 19. The monoisotopic (exact) mass is 683 g/mol.